The Morgan fingerprint density at radius 2 is 1.93 bits per heavy atom. The van der Waals surface area contributed by atoms with Crippen molar-refractivity contribution in [2.75, 3.05) is 12.4 Å². The van der Waals surface area contributed by atoms with Gasteiger partial charge in [-0.25, -0.2) is 9.18 Å². The average Bonchev–Trinajstić information content (AvgIpc) is 3.39. The lowest BCUT2D eigenvalue weighted by molar-refractivity contribution is -0.116. The van der Waals surface area contributed by atoms with Crippen molar-refractivity contribution in [3.05, 3.63) is 27.5 Å². The molecule has 1 aliphatic carbocycles. The number of carbonyl (C=O) groups excluding carboxylic acids is 2. The SMILES string of the molecule is COC(=O)c1cc(F)c(Br)c(CO[Si](C)(C)C(C)(C)C)c1NC(=O)CC1CC1. The zero-order valence-electron chi connectivity index (χ0n) is 17.4. The van der Waals surface area contributed by atoms with Crippen LogP contribution in [0.3, 0.4) is 0 Å². The summed E-state index contributed by atoms with van der Waals surface area (Å²) in [6.07, 6.45) is 2.45. The molecular weight excluding hydrogens is 445 g/mol. The Labute approximate surface area is 175 Å². The molecule has 0 aromatic heterocycles. The van der Waals surface area contributed by atoms with Gasteiger partial charge in [0.2, 0.25) is 5.91 Å². The number of benzene rings is 1. The van der Waals surface area contributed by atoms with Gasteiger partial charge in [0.05, 0.1) is 29.4 Å². The van der Waals surface area contributed by atoms with Crippen molar-refractivity contribution in [3.8, 4) is 0 Å². The van der Waals surface area contributed by atoms with E-state index in [9.17, 15) is 14.0 Å². The van der Waals surface area contributed by atoms with Crippen LogP contribution in [-0.2, 0) is 20.6 Å². The monoisotopic (exact) mass is 473 g/mol. The van der Waals surface area contributed by atoms with Crippen LogP contribution in [-0.4, -0.2) is 27.3 Å². The van der Waals surface area contributed by atoms with Crippen LogP contribution >= 0.6 is 15.9 Å². The maximum absolute atomic E-state index is 14.5. The van der Waals surface area contributed by atoms with Crippen molar-refractivity contribution in [1.29, 1.82) is 0 Å². The Balaban J connectivity index is 2.43. The van der Waals surface area contributed by atoms with Gasteiger partial charge in [-0.15, -0.1) is 0 Å². The minimum Gasteiger partial charge on any atom is -0.465 e. The number of ether oxygens (including phenoxy) is 1. The van der Waals surface area contributed by atoms with Crippen molar-refractivity contribution >= 4 is 41.8 Å². The number of nitrogens with one attached hydrogen (secondary N) is 1. The van der Waals surface area contributed by atoms with Gasteiger partial charge in [0.15, 0.2) is 8.32 Å². The predicted octanol–water partition coefficient (Wildman–Crippen LogP) is 5.64. The molecule has 5 nitrogen and oxygen atoms in total. The summed E-state index contributed by atoms with van der Waals surface area (Å²) in [6, 6.07) is 1.08. The van der Waals surface area contributed by atoms with Gasteiger partial charge in [-0.1, -0.05) is 20.8 Å². The third-order valence-electron chi connectivity index (χ3n) is 5.54. The summed E-state index contributed by atoms with van der Waals surface area (Å²) in [5.41, 5.74) is 0.653. The second-order valence-electron chi connectivity index (χ2n) is 8.81. The van der Waals surface area contributed by atoms with Gasteiger partial charge in [-0.3, -0.25) is 4.79 Å². The van der Waals surface area contributed by atoms with Gasteiger partial charge < -0.3 is 14.5 Å². The molecule has 1 aliphatic rings. The number of esters is 1. The standard InChI is InChI=1S/C20H29BrFNO4Si/c1-20(2,3)28(5,6)27-11-14-17(21)15(22)10-13(19(25)26-4)18(14)23-16(24)9-12-7-8-12/h10,12H,7-9,11H2,1-6H3,(H,23,24). The summed E-state index contributed by atoms with van der Waals surface area (Å²) < 4.78 is 25.7. The van der Waals surface area contributed by atoms with Crippen molar-refractivity contribution in [2.24, 2.45) is 5.92 Å². The molecule has 0 spiro atoms. The first-order valence-electron chi connectivity index (χ1n) is 9.40. The fourth-order valence-corrected chi connectivity index (χ4v) is 3.84. The van der Waals surface area contributed by atoms with Crippen molar-refractivity contribution in [3.63, 3.8) is 0 Å². The summed E-state index contributed by atoms with van der Waals surface area (Å²) in [5, 5.41) is 2.77. The minimum atomic E-state index is -2.13. The molecule has 28 heavy (non-hydrogen) atoms. The lowest BCUT2D eigenvalue weighted by Gasteiger charge is -2.36. The number of hydrogen-bond donors (Lipinski definition) is 1. The third-order valence-corrected chi connectivity index (χ3v) is 10.9. The molecular formula is C20H29BrFNO4Si. The molecule has 0 atom stereocenters. The number of carbonyl (C=O) groups is 2. The van der Waals surface area contributed by atoms with E-state index in [2.05, 4.69) is 55.1 Å². The first kappa shape index (κ1) is 23.0. The number of amides is 1. The normalized spacial score (nSPS) is 14.7. The molecule has 0 bridgehead atoms. The van der Waals surface area contributed by atoms with Gasteiger partial charge >= 0.3 is 5.97 Å². The molecule has 2 rings (SSSR count). The second kappa shape index (κ2) is 8.63. The van der Waals surface area contributed by atoms with Crippen LogP contribution < -0.4 is 5.32 Å². The molecule has 1 saturated carbocycles. The van der Waals surface area contributed by atoms with Crippen LogP contribution in [0.1, 0.15) is 56.0 Å². The summed E-state index contributed by atoms with van der Waals surface area (Å²) in [7, 11) is -0.906. The van der Waals surface area contributed by atoms with Crippen LogP contribution in [0.5, 0.6) is 0 Å². The smallest absolute Gasteiger partial charge is 0.340 e. The Morgan fingerprint density at radius 1 is 1.32 bits per heavy atom. The molecule has 0 unspecified atom stereocenters. The number of hydrogen-bond acceptors (Lipinski definition) is 4. The molecule has 0 heterocycles. The van der Waals surface area contributed by atoms with Crippen LogP contribution in [0, 0.1) is 11.7 Å². The molecule has 1 aromatic rings. The van der Waals surface area contributed by atoms with E-state index in [1.165, 1.54) is 7.11 Å². The zero-order valence-corrected chi connectivity index (χ0v) is 20.0. The van der Waals surface area contributed by atoms with Crippen LogP contribution in [0.4, 0.5) is 10.1 Å². The van der Waals surface area contributed by atoms with Crippen molar-refractivity contribution < 1.29 is 23.1 Å². The van der Waals surface area contributed by atoms with E-state index in [1.54, 1.807) is 0 Å². The van der Waals surface area contributed by atoms with E-state index in [0.29, 0.717) is 17.9 Å². The molecule has 0 radical (unpaired) electrons. The molecule has 1 amide bonds. The Kier molecular flexibility index (Phi) is 7.10. The van der Waals surface area contributed by atoms with E-state index in [-0.39, 0.29) is 33.3 Å². The fourth-order valence-electron chi connectivity index (χ4n) is 2.47. The molecule has 156 valence electrons. The number of rotatable bonds is 7. The number of anilines is 1. The highest BCUT2D eigenvalue weighted by Gasteiger charge is 2.38. The highest BCUT2D eigenvalue weighted by molar-refractivity contribution is 9.10. The summed E-state index contributed by atoms with van der Waals surface area (Å²) in [6.45, 7) is 10.6. The average molecular weight is 474 g/mol. The van der Waals surface area contributed by atoms with Crippen LogP contribution in [0.25, 0.3) is 0 Å². The number of halogens is 2. The lowest BCUT2D eigenvalue weighted by Crippen LogP contribution is -2.40. The Bertz CT molecular complexity index is 772. The molecule has 0 aliphatic heterocycles. The Morgan fingerprint density at radius 3 is 2.43 bits per heavy atom. The van der Waals surface area contributed by atoms with E-state index < -0.39 is 20.1 Å². The first-order valence-corrected chi connectivity index (χ1v) is 13.1. The van der Waals surface area contributed by atoms with E-state index >= 15 is 0 Å². The topological polar surface area (TPSA) is 64.6 Å². The van der Waals surface area contributed by atoms with Gasteiger partial charge in [-0.2, -0.15) is 0 Å². The molecule has 8 heteroatoms. The largest absolute Gasteiger partial charge is 0.465 e. The minimum absolute atomic E-state index is 0.0128. The van der Waals surface area contributed by atoms with Gasteiger partial charge in [-0.05, 0) is 58.9 Å². The summed E-state index contributed by atoms with van der Waals surface area (Å²) in [5.74, 6) is -1.12. The first-order chi connectivity index (χ1) is 12.9. The lowest BCUT2D eigenvalue weighted by atomic mass is 10.1. The molecule has 1 N–H and O–H groups in total. The Hall–Kier alpha value is -1.25. The van der Waals surface area contributed by atoms with Crippen LogP contribution in [0.2, 0.25) is 18.1 Å². The maximum atomic E-state index is 14.5. The van der Waals surface area contributed by atoms with Gasteiger partial charge in [0.25, 0.3) is 0 Å². The second-order valence-corrected chi connectivity index (χ2v) is 14.4. The number of methoxy groups -OCH3 is 1. The molecule has 1 fully saturated rings. The fraction of sp³-hybridized carbons (Fsp3) is 0.600. The zero-order chi connectivity index (χ0) is 21.3. The van der Waals surface area contributed by atoms with Crippen molar-refractivity contribution in [1.82, 2.24) is 0 Å². The van der Waals surface area contributed by atoms with Gasteiger partial charge in [0.1, 0.15) is 5.82 Å². The predicted molar refractivity (Wildman–Crippen MR) is 113 cm³/mol. The van der Waals surface area contributed by atoms with Crippen molar-refractivity contribution in [2.45, 2.75) is 64.8 Å². The highest BCUT2D eigenvalue weighted by Crippen LogP contribution is 2.40. The maximum Gasteiger partial charge on any atom is 0.340 e. The summed E-state index contributed by atoms with van der Waals surface area (Å²) in [4.78, 5) is 24.7. The molecule has 1 aromatic carbocycles. The molecule has 0 saturated heterocycles. The third kappa shape index (κ3) is 5.42. The van der Waals surface area contributed by atoms with E-state index in [4.69, 9.17) is 9.16 Å². The van der Waals surface area contributed by atoms with Gasteiger partial charge in [0, 0.05) is 12.0 Å². The quantitative estimate of drug-likeness (QED) is 0.411. The highest BCUT2D eigenvalue weighted by atomic mass is 79.9. The summed E-state index contributed by atoms with van der Waals surface area (Å²) >= 11 is 3.26. The van der Waals surface area contributed by atoms with E-state index in [0.717, 1.165) is 18.9 Å². The van der Waals surface area contributed by atoms with Crippen LogP contribution in [0.15, 0.2) is 10.5 Å². The van der Waals surface area contributed by atoms with E-state index in [1.807, 2.05) is 0 Å².